The van der Waals surface area contributed by atoms with E-state index in [9.17, 15) is 9.59 Å². The van der Waals surface area contributed by atoms with E-state index in [2.05, 4.69) is 10.2 Å². The number of rotatable bonds is 5. The predicted molar refractivity (Wildman–Crippen MR) is 76.9 cm³/mol. The van der Waals surface area contributed by atoms with Gasteiger partial charge in [-0.1, -0.05) is 17.8 Å². The number of carboxylic acid groups (broad SMARTS) is 1. The molecule has 20 heavy (non-hydrogen) atoms. The van der Waals surface area contributed by atoms with E-state index in [0.717, 1.165) is 17.4 Å². The molecule has 106 valence electrons. The summed E-state index contributed by atoms with van der Waals surface area (Å²) in [6.45, 7) is 0. The SMILES string of the molecule is CN(C)c1cccc(-n2c(SCC(=O)O)n[nH]c2=O)c1. The van der Waals surface area contributed by atoms with Crippen molar-refractivity contribution in [3.63, 3.8) is 0 Å². The summed E-state index contributed by atoms with van der Waals surface area (Å²) in [5.74, 6) is -1.11. The maximum Gasteiger partial charge on any atom is 0.348 e. The van der Waals surface area contributed by atoms with Crippen molar-refractivity contribution in [1.82, 2.24) is 14.8 Å². The summed E-state index contributed by atoms with van der Waals surface area (Å²) in [5.41, 5.74) is 1.18. The molecule has 0 spiro atoms. The highest BCUT2D eigenvalue weighted by Crippen LogP contribution is 2.20. The zero-order valence-corrected chi connectivity index (χ0v) is 11.8. The lowest BCUT2D eigenvalue weighted by atomic mass is 10.2. The van der Waals surface area contributed by atoms with Crippen LogP contribution in [0.1, 0.15) is 0 Å². The quantitative estimate of drug-likeness (QED) is 0.793. The number of aromatic amines is 1. The highest BCUT2D eigenvalue weighted by Gasteiger charge is 2.13. The van der Waals surface area contributed by atoms with Crippen molar-refractivity contribution in [2.75, 3.05) is 24.7 Å². The Bertz CT molecular complexity index is 677. The summed E-state index contributed by atoms with van der Waals surface area (Å²) in [4.78, 5) is 24.4. The number of carboxylic acids is 1. The Balaban J connectivity index is 2.41. The van der Waals surface area contributed by atoms with Gasteiger partial charge in [-0.25, -0.2) is 14.5 Å². The van der Waals surface area contributed by atoms with Crippen LogP contribution in [0.3, 0.4) is 0 Å². The van der Waals surface area contributed by atoms with Crippen LogP contribution in [0.5, 0.6) is 0 Å². The molecular weight excluding hydrogens is 280 g/mol. The van der Waals surface area contributed by atoms with E-state index >= 15 is 0 Å². The first-order valence-electron chi connectivity index (χ1n) is 5.79. The number of carbonyl (C=O) groups is 1. The molecule has 2 rings (SSSR count). The van der Waals surface area contributed by atoms with Gasteiger partial charge in [0.05, 0.1) is 11.4 Å². The molecule has 1 heterocycles. The zero-order chi connectivity index (χ0) is 14.7. The number of thioether (sulfide) groups is 1. The number of aliphatic carboxylic acids is 1. The maximum atomic E-state index is 11.8. The van der Waals surface area contributed by atoms with Gasteiger partial charge in [0.2, 0.25) is 0 Å². The van der Waals surface area contributed by atoms with Gasteiger partial charge in [0.25, 0.3) is 0 Å². The summed E-state index contributed by atoms with van der Waals surface area (Å²) < 4.78 is 1.36. The monoisotopic (exact) mass is 294 g/mol. The molecule has 0 aliphatic carbocycles. The van der Waals surface area contributed by atoms with E-state index in [1.54, 1.807) is 6.07 Å². The van der Waals surface area contributed by atoms with Gasteiger partial charge in [-0.2, -0.15) is 0 Å². The van der Waals surface area contributed by atoms with Crippen molar-refractivity contribution < 1.29 is 9.90 Å². The third-order valence-corrected chi connectivity index (χ3v) is 3.49. The molecule has 7 nitrogen and oxygen atoms in total. The number of hydrogen-bond acceptors (Lipinski definition) is 5. The maximum absolute atomic E-state index is 11.8. The van der Waals surface area contributed by atoms with Crippen LogP contribution in [0.25, 0.3) is 5.69 Å². The summed E-state index contributed by atoms with van der Waals surface area (Å²) in [6.07, 6.45) is 0. The minimum Gasteiger partial charge on any atom is -0.481 e. The second-order valence-electron chi connectivity index (χ2n) is 4.24. The fourth-order valence-corrected chi connectivity index (χ4v) is 2.32. The largest absolute Gasteiger partial charge is 0.481 e. The second-order valence-corrected chi connectivity index (χ2v) is 5.19. The van der Waals surface area contributed by atoms with Crippen molar-refractivity contribution in [1.29, 1.82) is 0 Å². The number of nitrogens with zero attached hydrogens (tertiary/aromatic N) is 3. The van der Waals surface area contributed by atoms with Crippen LogP contribution in [0.15, 0.2) is 34.2 Å². The first-order chi connectivity index (χ1) is 9.49. The molecule has 0 saturated carbocycles. The Labute approximate surface area is 119 Å². The number of hydrogen-bond donors (Lipinski definition) is 2. The molecule has 2 N–H and O–H groups in total. The van der Waals surface area contributed by atoms with Crippen LogP contribution in [-0.2, 0) is 4.79 Å². The molecule has 0 radical (unpaired) electrons. The molecule has 0 aliphatic heterocycles. The van der Waals surface area contributed by atoms with Gasteiger partial charge in [0, 0.05) is 19.8 Å². The summed E-state index contributed by atoms with van der Waals surface area (Å²) in [7, 11) is 3.80. The number of benzene rings is 1. The topological polar surface area (TPSA) is 91.2 Å². The molecule has 0 amide bonds. The highest BCUT2D eigenvalue weighted by molar-refractivity contribution is 7.99. The van der Waals surface area contributed by atoms with Gasteiger partial charge in [-0.3, -0.25) is 4.79 Å². The van der Waals surface area contributed by atoms with Crippen LogP contribution >= 0.6 is 11.8 Å². The Morgan fingerprint density at radius 2 is 2.25 bits per heavy atom. The van der Waals surface area contributed by atoms with Gasteiger partial charge in [-0.15, -0.1) is 5.10 Å². The average Bonchev–Trinajstić information content (AvgIpc) is 2.77. The molecule has 0 atom stereocenters. The number of H-pyrrole nitrogens is 1. The minimum absolute atomic E-state index is 0.155. The van der Waals surface area contributed by atoms with Crippen molar-refractivity contribution in [2.45, 2.75) is 5.16 Å². The molecule has 0 bridgehead atoms. The minimum atomic E-state index is -0.959. The smallest absolute Gasteiger partial charge is 0.348 e. The molecule has 2 aromatic rings. The van der Waals surface area contributed by atoms with E-state index in [0.29, 0.717) is 10.8 Å². The Morgan fingerprint density at radius 1 is 1.50 bits per heavy atom. The van der Waals surface area contributed by atoms with Crippen molar-refractivity contribution >= 4 is 23.4 Å². The Kier molecular flexibility index (Phi) is 4.14. The predicted octanol–water partition coefficient (Wildman–Crippen LogP) is 0.803. The third-order valence-electron chi connectivity index (χ3n) is 2.57. The van der Waals surface area contributed by atoms with Crippen molar-refractivity contribution in [2.24, 2.45) is 0 Å². The molecular formula is C12H14N4O3S. The van der Waals surface area contributed by atoms with Gasteiger partial charge < -0.3 is 10.0 Å². The summed E-state index contributed by atoms with van der Waals surface area (Å²) in [6, 6.07) is 7.35. The number of aromatic nitrogens is 3. The van der Waals surface area contributed by atoms with Crippen molar-refractivity contribution in [3.8, 4) is 5.69 Å². The van der Waals surface area contributed by atoms with E-state index in [4.69, 9.17) is 5.11 Å². The molecule has 8 heteroatoms. The van der Waals surface area contributed by atoms with E-state index in [1.807, 2.05) is 37.2 Å². The highest BCUT2D eigenvalue weighted by atomic mass is 32.2. The van der Waals surface area contributed by atoms with Crippen LogP contribution in [-0.4, -0.2) is 45.7 Å². The van der Waals surface area contributed by atoms with Crippen LogP contribution in [0, 0.1) is 0 Å². The second kappa shape index (κ2) is 5.83. The third kappa shape index (κ3) is 3.02. The molecule has 1 aromatic heterocycles. The first-order valence-corrected chi connectivity index (χ1v) is 6.77. The Morgan fingerprint density at radius 3 is 2.90 bits per heavy atom. The van der Waals surface area contributed by atoms with Crippen molar-refractivity contribution in [3.05, 3.63) is 34.7 Å². The van der Waals surface area contributed by atoms with Crippen LogP contribution < -0.4 is 10.6 Å². The fraction of sp³-hybridized carbons (Fsp3) is 0.250. The van der Waals surface area contributed by atoms with Crippen LogP contribution in [0.2, 0.25) is 0 Å². The van der Waals surface area contributed by atoms with E-state index < -0.39 is 11.7 Å². The van der Waals surface area contributed by atoms with Crippen LogP contribution in [0.4, 0.5) is 5.69 Å². The molecule has 0 fully saturated rings. The van der Waals surface area contributed by atoms with E-state index in [1.165, 1.54) is 4.57 Å². The number of nitrogens with one attached hydrogen (secondary N) is 1. The lowest BCUT2D eigenvalue weighted by Crippen LogP contribution is -2.17. The molecule has 0 unspecified atom stereocenters. The summed E-state index contributed by atoms with van der Waals surface area (Å²) >= 11 is 0.993. The van der Waals surface area contributed by atoms with Gasteiger partial charge in [-0.05, 0) is 18.2 Å². The standard InChI is InChI=1S/C12H14N4O3S/c1-15(2)8-4-3-5-9(6-8)16-11(19)13-14-12(16)20-7-10(17)18/h3-6H,7H2,1-2H3,(H,13,19)(H,17,18). The zero-order valence-electron chi connectivity index (χ0n) is 11.0. The lowest BCUT2D eigenvalue weighted by Gasteiger charge is -2.14. The number of anilines is 1. The normalized spacial score (nSPS) is 10.5. The fourth-order valence-electron chi connectivity index (χ4n) is 1.64. The van der Waals surface area contributed by atoms with Gasteiger partial charge in [0.15, 0.2) is 5.16 Å². The van der Waals surface area contributed by atoms with Gasteiger partial charge >= 0.3 is 11.7 Å². The molecule has 0 aliphatic rings. The Hall–Kier alpha value is -2.22. The molecule has 0 saturated heterocycles. The lowest BCUT2D eigenvalue weighted by molar-refractivity contribution is -0.133. The molecule has 1 aromatic carbocycles. The average molecular weight is 294 g/mol. The summed E-state index contributed by atoms with van der Waals surface area (Å²) in [5, 5.41) is 15.2. The first kappa shape index (κ1) is 14.2. The van der Waals surface area contributed by atoms with E-state index in [-0.39, 0.29) is 5.75 Å². The van der Waals surface area contributed by atoms with Gasteiger partial charge in [0.1, 0.15) is 0 Å².